The number of nitrogens with one attached hydrogen (secondary N) is 2. The smallest absolute Gasteiger partial charge is 0.224 e. The summed E-state index contributed by atoms with van der Waals surface area (Å²) in [6.45, 7) is 1.55. The minimum atomic E-state index is -0.436. The highest BCUT2D eigenvalue weighted by Gasteiger charge is 2.20. The van der Waals surface area contributed by atoms with Crippen molar-refractivity contribution >= 4 is 17.5 Å². The molecule has 1 heterocycles. The Morgan fingerprint density at radius 1 is 1.56 bits per heavy atom. The summed E-state index contributed by atoms with van der Waals surface area (Å²) < 4.78 is 13.4. The maximum atomic E-state index is 13.4. The van der Waals surface area contributed by atoms with E-state index in [1.165, 1.54) is 12.1 Å². The van der Waals surface area contributed by atoms with Gasteiger partial charge in [0.2, 0.25) is 5.91 Å². The van der Waals surface area contributed by atoms with Gasteiger partial charge in [0.05, 0.1) is 12.5 Å². The van der Waals surface area contributed by atoms with E-state index in [1.807, 2.05) is 0 Å². The average Bonchev–Trinajstić information content (AvgIpc) is 2.18. The summed E-state index contributed by atoms with van der Waals surface area (Å²) in [5, 5.41) is 6.12. The average molecular weight is 243 g/mol. The van der Waals surface area contributed by atoms with Crippen molar-refractivity contribution in [3.05, 3.63) is 34.6 Å². The summed E-state index contributed by atoms with van der Waals surface area (Å²) in [5.74, 6) is -0.632. The lowest BCUT2D eigenvalue weighted by molar-refractivity contribution is -0.121. The fraction of sp³-hybridized carbons (Fsp3) is 0.364. The molecule has 2 N–H and O–H groups in total. The van der Waals surface area contributed by atoms with Gasteiger partial charge in [-0.05, 0) is 12.1 Å². The van der Waals surface area contributed by atoms with Crippen molar-refractivity contribution in [2.45, 2.75) is 12.5 Å². The molecule has 2 rings (SSSR count). The van der Waals surface area contributed by atoms with Crippen LogP contribution < -0.4 is 10.6 Å². The van der Waals surface area contributed by atoms with Crippen LogP contribution in [0.5, 0.6) is 0 Å². The van der Waals surface area contributed by atoms with Crippen molar-refractivity contribution in [3.8, 4) is 0 Å². The molecule has 0 aromatic heterocycles. The van der Waals surface area contributed by atoms with Gasteiger partial charge >= 0.3 is 0 Å². The van der Waals surface area contributed by atoms with Crippen LogP contribution >= 0.6 is 11.6 Å². The first-order valence-corrected chi connectivity index (χ1v) is 5.47. The standard InChI is InChI=1S/C11H12ClFN2O/c12-9-2-1-3-10(13)8(9)4-11(16)15-7-5-14-6-7/h1-3,7,14H,4-6H2,(H,15,16). The van der Waals surface area contributed by atoms with E-state index in [1.54, 1.807) is 6.07 Å². The Morgan fingerprint density at radius 3 is 2.88 bits per heavy atom. The molecular weight excluding hydrogens is 231 g/mol. The van der Waals surface area contributed by atoms with Crippen LogP contribution in [0.3, 0.4) is 0 Å². The van der Waals surface area contributed by atoms with Gasteiger partial charge in [-0.15, -0.1) is 0 Å². The molecule has 1 aromatic carbocycles. The number of carbonyl (C=O) groups excluding carboxylic acids is 1. The summed E-state index contributed by atoms with van der Waals surface area (Å²) in [6, 6.07) is 4.57. The molecule has 16 heavy (non-hydrogen) atoms. The second kappa shape index (κ2) is 4.80. The third kappa shape index (κ3) is 2.51. The maximum absolute atomic E-state index is 13.4. The zero-order chi connectivity index (χ0) is 11.5. The highest BCUT2D eigenvalue weighted by atomic mass is 35.5. The van der Waals surface area contributed by atoms with Crippen LogP contribution in [-0.2, 0) is 11.2 Å². The lowest BCUT2D eigenvalue weighted by atomic mass is 10.1. The summed E-state index contributed by atoms with van der Waals surface area (Å²) in [5.41, 5.74) is 0.258. The SMILES string of the molecule is O=C(Cc1c(F)cccc1Cl)NC1CNC1. The summed E-state index contributed by atoms with van der Waals surface area (Å²) in [6.07, 6.45) is -0.0119. The number of halogens is 2. The van der Waals surface area contributed by atoms with Crippen molar-refractivity contribution in [1.29, 1.82) is 0 Å². The molecule has 86 valence electrons. The molecule has 0 radical (unpaired) electrons. The molecular formula is C11H12ClFN2O. The molecule has 0 unspecified atom stereocenters. The first-order valence-electron chi connectivity index (χ1n) is 5.10. The summed E-state index contributed by atoms with van der Waals surface area (Å²) >= 11 is 5.83. The second-order valence-corrected chi connectivity index (χ2v) is 4.21. The lowest BCUT2D eigenvalue weighted by Crippen LogP contribution is -2.57. The van der Waals surface area contributed by atoms with Crippen LogP contribution in [0.1, 0.15) is 5.56 Å². The van der Waals surface area contributed by atoms with E-state index in [0.29, 0.717) is 5.02 Å². The van der Waals surface area contributed by atoms with Gasteiger partial charge < -0.3 is 10.6 Å². The Balaban J connectivity index is 1.99. The van der Waals surface area contributed by atoms with Gasteiger partial charge in [-0.2, -0.15) is 0 Å². The van der Waals surface area contributed by atoms with E-state index >= 15 is 0 Å². The van der Waals surface area contributed by atoms with Gasteiger partial charge in [-0.25, -0.2) is 4.39 Å². The van der Waals surface area contributed by atoms with Gasteiger partial charge in [0.15, 0.2) is 0 Å². The van der Waals surface area contributed by atoms with Gasteiger partial charge in [-0.3, -0.25) is 4.79 Å². The quantitative estimate of drug-likeness (QED) is 0.834. The van der Waals surface area contributed by atoms with Crippen LogP contribution in [0.4, 0.5) is 4.39 Å². The molecule has 0 spiro atoms. The van der Waals surface area contributed by atoms with Gasteiger partial charge in [0, 0.05) is 23.7 Å². The fourth-order valence-corrected chi connectivity index (χ4v) is 1.76. The Hall–Kier alpha value is -1.13. The third-order valence-electron chi connectivity index (χ3n) is 2.55. The monoisotopic (exact) mass is 242 g/mol. The third-order valence-corrected chi connectivity index (χ3v) is 2.90. The number of carbonyl (C=O) groups is 1. The Bertz CT molecular complexity index is 387. The van der Waals surface area contributed by atoms with Crippen LogP contribution in [0.25, 0.3) is 0 Å². The second-order valence-electron chi connectivity index (χ2n) is 3.80. The van der Waals surface area contributed by atoms with Crippen molar-refractivity contribution in [2.75, 3.05) is 13.1 Å². The molecule has 1 aliphatic heterocycles. The number of hydrogen-bond acceptors (Lipinski definition) is 2. The Labute approximate surface area is 98.0 Å². The number of hydrogen-bond donors (Lipinski definition) is 2. The van der Waals surface area contributed by atoms with E-state index in [2.05, 4.69) is 10.6 Å². The van der Waals surface area contributed by atoms with Crippen molar-refractivity contribution in [1.82, 2.24) is 10.6 Å². The zero-order valence-electron chi connectivity index (χ0n) is 8.59. The maximum Gasteiger partial charge on any atom is 0.224 e. The van der Waals surface area contributed by atoms with E-state index in [-0.39, 0.29) is 23.9 Å². The Morgan fingerprint density at radius 2 is 2.31 bits per heavy atom. The molecule has 0 aliphatic carbocycles. The normalized spacial score (nSPS) is 15.6. The Kier molecular flexibility index (Phi) is 3.41. The fourth-order valence-electron chi connectivity index (χ4n) is 1.53. The van der Waals surface area contributed by atoms with E-state index < -0.39 is 5.82 Å². The predicted molar refractivity (Wildman–Crippen MR) is 59.9 cm³/mol. The molecule has 1 fully saturated rings. The molecule has 0 saturated carbocycles. The first kappa shape index (κ1) is 11.4. The molecule has 1 aromatic rings. The molecule has 5 heteroatoms. The molecule has 1 amide bonds. The van der Waals surface area contributed by atoms with E-state index in [0.717, 1.165) is 13.1 Å². The number of amides is 1. The van der Waals surface area contributed by atoms with Gasteiger partial charge in [-0.1, -0.05) is 17.7 Å². The minimum absolute atomic E-state index is 0.0119. The van der Waals surface area contributed by atoms with Crippen molar-refractivity contribution in [3.63, 3.8) is 0 Å². The number of rotatable bonds is 3. The van der Waals surface area contributed by atoms with Crippen LogP contribution in [0, 0.1) is 5.82 Å². The molecule has 0 bridgehead atoms. The van der Waals surface area contributed by atoms with E-state index in [4.69, 9.17) is 11.6 Å². The zero-order valence-corrected chi connectivity index (χ0v) is 9.35. The molecule has 0 atom stereocenters. The van der Waals surface area contributed by atoms with Crippen LogP contribution in [0.2, 0.25) is 5.02 Å². The molecule has 1 saturated heterocycles. The van der Waals surface area contributed by atoms with Crippen molar-refractivity contribution < 1.29 is 9.18 Å². The van der Waals surface area contributed by atoms with Crippen molar-refractivity contribution in [2.24, 2.45) is 0 Å². The highest BCUT2D eigenvalue weighted by molar-refractivity contribution is 6.31. The van der Waals surface area contributed by atoms with Gasteiger partial charge in [0.1, 0.15) is 5.82 Å². The minimum Gasteiger partial charge on any atom is -0.351 e. The highest BCUT2D eigenvalue weighted by Crippen LogP contribution is 2.19. The number of benzene rings is 1. The first-order chi connectivity index (χ1) is 7.66. The summed E-state index contributed by atoms with van der Waals surface area (Å²) in [4.78, 5) is 11.6. The summed E-state index contributed by atoms with van der Waals surface area (Å²) in [7, 11) is 0. The van der Waals surface area contributed by atoms with Crippen LogP contribution in [0.15, 0.2) is 18.2 Å². The lowest BCUT2D eigenvalue weighted by Gasteiger charge is -2.28. The molecule has 3 nitrogen and oxygen atoms in total. The molecule has 1 aliphatic rings. The van der Waals surface area contributed by atoms with Gasteiger partial charge in [0.25, 0.3) is 0 Å². The predicted octanol–water partition coefficient (Wildman–Crippen LogP) is 1.11. The van der Waals surface area contributed by atoms with Crippen LogP contribution in [-0.4, -0.2) is 25.0 Å². The van der Waals surface area contributed by atoms with E-state index in [9.17, 15) is 9.18 Å². The topological polar surface area (TPSA) is 41.1 Å². The largest absolute Gasteiger partial charge is 0.351 e.